The summed E-state index contributed by atoms with van der Waals surface area (Å²) in [5.41, 5.74) is 4.76. The lowest BCUT2D eigenvalue weighted by Gasteiger charge is -2.12. The van der Waals surface area contributed by atoms with Crippen LogP contribution in [0, 0.1) is 0 Å². The van der Waals surface area contributed by atoms with Gasteiger partial charge in [0.05, 0.1) is 16.3 Å². The topological polar surface area (TPSA) is 87.7 Å². The molecule has 0 saturated carbocycles. The van der Waals surface area contributed by atoms with Crippen molar-refractivity contribution in [3.05, 3.63) is 27.7 Å². The summed E-state index contributed by atoms with van der Waals surface area (Å²) in [6.07, 6.45) is -4.00. The predicted octanol–water partition coefficient (Wildman–Crippen LogP) is 2.18. The van der Waals surface area contributed by atoms with E-state index in [1.165, 1.54) is 0 Å². The number of nitrogens with two attached hydrogens (primary N) is 1. The fraction of sp³-hybridized carbons (Fsp3) is 0.111. The van der Waals surface area contributed by atoms with E-state index < -0.39 is 29.1 Å². The van der Waals surface area contributed by atoms with E-state index in [4.69, 9.17) is 5.73 Å². The van der Waals surface area contributed by atoms with Crippen molar-refractivity contribution in [2.45, 2.75) is 6.18 Å². The van der Waals surface area contributed by atoms with Crippen LogP contribution in [0.2, 0.25) is 0 Å². The molecule has 0 aliphatic heterocycles. The first-order valence-corrected chi connectivity index (χ1v) is 5.20. The summed E-state index contributed by atoms with van der Waals surface area (Å²) in [4.78, 5) is 10.3. The van der Waals surface area contributed by atoms with E-state index in [2.05, 4.69) is 21.0 Å². The molecule has 5 nitrogen and oxygen atoms in total. The van der Waals surface area contributed by atoms with Gasteiger partial charge in [-0.2, -0.15) is 18.3 Å². The fourth-order valence-corrected chi connectivity index (χ4v) is 1.47. The van der Waals surface area contributed by atoms with Crippen LogP contribution in [-0.4, -0.2) is 17.4 Å². The summed E-state index contributed by atoms with van der Waals surface area (Å²) in [6.45, 7) is 0. The number of phenols is 1. The minimum atomic E-state index is -4.66. The second-order valence-electron chi connectivity index (χ2n) is 3.09. The van der Waals surface area contributed by atoms with Gasteiger partial charge >= 0.3 is 12.2 Å². The Morgan fingerprint density at radius 1 is 1.50 bits per heavy atom. The third kappa shape index (κ3) is 3.36. The zero-order valence-corrected chi connectivity index (χ0v) is 10.2. The summed E-state index contributed by atoms with van der Waals surface area (Å²) in [7, 11) is 0. The van der Waals surface area contributed by atoms with Crippen LogP contribution in [0.1, 0.15) is 11.1 Å². The van der Waals surface area contributed by atoms with Crippen LogP contribution in [0.3, 0.4) is 0 Å². The van der Waals surface area contributed by atoms with Crippen LogP contribution in [0.5, 0.6) is 5.75 Å². The van der Waals surface area contributed by atoms with Crippen LogP contribution in [0.4, 0.5) is 18.0 Å². The number of nitrogens with one attached hydrogen (secondary N) is 1. The fourth-order valence-electron chi connectivity index (χ4n) is 1.12. The third-order valence-corrected chi connectivity index (χ3v) is 2.48. The van der Waals surface area contributed by atoms with Crippen LogP contribution in [0.25, 0.3) is 0 Å². The number of carbonyl (C=O) groups is 1. The Morgan fingerprint density at radius 3 is 2.61 bits per heavy atom. The molecule has 1 aromatic carbocycles. The molecule has 1 rings (SSSR count). The lowest BCUT2D eigenvalue weighted by atomic mass is 10.1. The largest absolute Gasteiger partial charge is 0.506 e. The summed E-state index contributed by atoms with van der Waals surface area (Å²) in [5.74, 6) is -0.639. The number of urea groups is 1. The Hall–Kier alpha value is -1.77. The minimum absolute atomic E-state index is 0.0658. The van der Waals surface area contributed by atoms with E-state index in [-0.39, 0.29) is 4.47 Å². The summed E-state index contributed by atoms with van der Waals surface area (Å²) < 4.78 is 38.0. The first-order chi connectivity index (χ1) is 8.23. The molecular weight excluding hydrogens is 319 g/mol. The van der Waals surface area contributed by atoms with Crippen molar-refractivity contribution in [2.75, 3.05) is 0 Å². The lowest BCUT2D eigenvalue weighted by Crippen LogP contribution is -2.24. The van der Waals surface area contributed by atoms with Gasteiger partial charge in [0.15, 0.2) is 0 Å². The van der Waals surface area contributed by atoms with Crippen LogP contribution in [-0.2, 0) is 6.18 Å². The highest BCUT2D eigenvalue weighted by Crippen LogP contribution is 2.38. The third-order valence-electron chi connectivity index (χ3n) is 1.84. The van der Waals surface area contributed by atoms with Gasteiger partial charge in [-0.15, -0.1) is 0 Å². The Morgan fingerprint density at radius 2 is 2.11 bits per heavy atom. The molecule has 98 valence electrons. The van der Waals surface area contributed by atoms with Gasteiger partial charge in [-0.25, -0.2) is 10.2 Å². The average molecular weight is 326 g/mol. The van der Waals surface area contributed by atoms with E-state index in [1.54, 1.807) is 5.43 Å². The van der Waals surface area contributed by atoms with Crippen molar-refractivity contribution < 1.29 is 23.1 Å². The maximum atomic E-state index is 12.6. The van der Waals surface area contributed by atoms with E-state index in [0.29, 0.717) is 6.21 Å². The van der Waals surface area contributed by atoms with Crippen molar-refractivity contribution in [2.24, 2.45) is 10.8 Å². The average Bonchev–Trinajstić information content (AvgIpc) is 2.22. The number of hydrazone groups is 1. The molecule has 1 aromatic rings. The first kappa shape index (κ1) is 14.3. The molecule has 0 aliphatic carbocycles. The highest BCUT2D eigenvalue weighted by atomic mass is 79.9. The number of hydrogen-bond donors (Lipinski definition) is 3. The van der Waals surface area contributed by atoms with E-state index >= 15 is 0 Å². The lowest BCUT2D eigenvalue weighted by molar-refractivity contribution is -0.137. The second kappa shape index (κ2) is 5.25. The number of primary amides is 1. The second-order valence-corrected chi connectivity index (χ2v) is 3.94. The smallest absolute Gasteiger partial charge is 0.417 e. The Kier molecular flexibility index (Phi) is 4.17. The maximum absolute atomic E-state index is 12.6. The number of rotatable bonds is 2. The number of alkyl halides is 3. The molecule has 0 saturated heterocycles. The molecule has 0 radical (unpaired) electrons. The monoisotopic (exact) mass is 325 g/mol. The van der Waals surface area contributed by atoms with Crippen molar-refractivity contribution in [1.29, 1.82) is 0 Å². The maximum Gasteiger partial charge on any atom is 0.417 e. The molecule has 0 aliphatic rings. The van der Waals surface area contributed by atoms with Crippen LogP contribution in [0.15, 0.2) is 21.7 Å². The molecule has 0 unspecified atom stereocenters. The quantitative estimate of drug-likeness (QED) is 0.574. The highest BCUT2D eigenvalue weighted by Gasteiger charge is 2.34. The van der Waals surface area contributed by atoms with Gasteiger partial charge in [-0.05, 0) is 28.1 Å². The van der Waals surface area contributed by atoms with Crippen molar-refractivity contribution in [3.63, 3.8) is 0 Å². The molecule has 2 amide bonds. The van der Waals surface area contributed by atoms with Crippen molar-refractivity contribution in [1.82, 2.24) is 5.43 Å². The zero-order chi connectivity index (χ0) is 13.9. The molecule has 0 heterocycles. The summed E-state index contributed by atoms with van der Waals surface area (Å²) in [5, 5.41) is 12.7. The molecule has 0 spiro atoms. The summed E-state index contributed by atoms with van der Waals surface area (Å²) in [6, 6.07) is 0.793. The Balaban J connectivity index is 3.26. The number of amides is 2. The molecule has 0 aromatic heterocycles. The number of hydrogen-bond acceptors (Lipinski definition) is 3. The first-order valence-electron chi connectivity index (χ1n) is 4.40. The molecule has 18 heavy (non-hydrogen) atoms. The molecule has 0 fully saturated rings. The number of benzene rings is 1. The van der Waals surface area contributed by atoms with Gasteiger partial charge < -0.3 is 10.8 Å². The van der Waals surface area contributed by atoms with Gasteiger partial charge in [0.2, 0.25) is 0 Å². The Bertz CT molecular complexity index is 503. The molecule has 9 heteroatoms. The van der Waals surface area contributed by atoms with Gasteiger partial charge in [0, 0.05) is 5.56 Å². The zero-order valence-electron chi connectivity index (χ0n) is 8.62. The molecule has 0 atom stereocenters. The van der Waals surface area contributed by atoms with Crippen molar-refractivity contribution in [3.8, 4) is 5.75 Å². The van der Waals surface area contributed by atoms with Gasteiger partial charge in [-0.1, -0.05) is 0 Å². The number of phenolic OH excluding ortho intramolecular Hbond substituents is 1. The highest BCUT2D eigenvalue weighted by molar-refractivity contribution is 9.10. The number of halogens is 4. The normalized spacial score (nSPS) is 11.8. The van der Waals surface area contributed by atoms with Gasteiger partial charge in [0.1, 0.15) is 5.75 Å². The standard InChI is InChI=1S/C9H7BrF3N3O2/c10-6-2-1-5(9(11,12)13)4(7(6)17)3-15-16-8(14)18/h1-3,17H,(H3,14,16,18). The van der Waals surface area contributed by atoms with E-state index in [1.807, 2.05) is 0 Å². The number of aromatic hydroxyl groups is 1. The van der Waals surface area contributed by atoms with Gasteiger partial charge in [-0.3, -0.25) is 0 Å². The minimum Gasteiger partial charge on any atom is -0.506 e. The molecular formula is C9H7BrF3N3O2. The molecule has 4 N–H and O–H groups in total. The predicted molar refractivity (Wildman–Crippen MR) is 61.1 cm³/mol. The Labute approximate surface area is 108 Å². The van der Waals surface area contributed by atoms with Gasteiger partial charge in [0.25, 0.3) is 0 Å². The van der Waals surface area contributed by atoms with E-state index in [9.17, 15) is 23.1 Å². The SMILES string of the molecule is NC(=O)NN=Cc1c(C(F)(F)F)ccc(Br)c1O. The van der Waals surface area contributed by atoms with Crippen LogP contribution >= 0.6 is 15.9 Å². The number of nitrogens with zero attached hydrogens (tertiary/aromatic N) is 1. The summed E-state index contributed by atoms with van der Waals surface area (Å²) >= 11 is 2.88. The molecule has 0 bridgehead atoms. The van der Waals surface area contributed by atoms with Crippen LogP contribution < -0.4 is 11.2 Å². The number of carbonyl (C=O) groups excluding carboxylic acids is 1. The van der Waals surface area contributed by atoms with E-state index in [0.717, 1.165) is 12.1 Å². The van der Waals surface area contributed by atoms with Crippen molar-refractivity contribution >= 4 is 28.2 Å².